The van der Waals surface area contributed by atoms with Crippen LogP contribution in [0, 0.1) is 0 Å². The van der Waals surface area contributed by atoms with Gasteiger partial charge in [-0.3, -0.25) is 0 Å². The molecular formula is C25H21NO. The summed E-state index contributed by atoms with van der Waals surface area (Å²) in [6, 6.07) is 25.4. The van der Waals surface area contributed by atoms with Gasteiger partial charge >= 0.3 is 0 Å². The van der Waals surface area contributed by atoms with E-state index in [2.05, 4.69) is 57.2 Å². The maximum atomic E-state index is 6.29. The average Bonchev–Trinajstić information content (AvgIpc) is 3.11. The second kappa shape index (κ2) is 5.68. The number of rotatable bonds is 1. The molecule has 27 heavy (non-hydrogen) atoms. The fourth-order valence-corrected chi connectivity index (χ4v) is 3.69. The van der Waals surface area contributed by atoms with Crippen LogP contribution in [0.25, 0.3) is 44.1 Å². The third-order valence-corrected chi connectivity index (χ3v) is 5.24. The van der Waals surface area contributed by atoms with E-state index in [0.717, 1.165) is 22.0 Å². The quantitative estimate of drug-likeness (QED) is 0.301. The summed E-state index contributed by atoms with van der Waals surface area (Å²) in [7, 11) is 0. The molecule has 1 heterocycles. The Morgan fingerprint density at radius 2 is 1.48 bits per heavy atom. The van der Waals surface area contributed by atoms with Gasteiger partial charge in [0.1, 0.15) is 5.52 Å². The van der Waals surface area contributed by atoms with Crippen LogP contribution in [0.2, 0.25) is 0 Å². The van der Waals surface area contributed by atoms with Crippen LogP contribution in [-0.4, -0.2) is 4.98 Å². The summed E-state index contributed by atoms with van der Waals surface area (Å²) in [5.74, 6) is 0.669. The SMILES string of the molecule is CC(C)(C)c1ccc2ccc3ccc4nc(-c5ccccc5)oc4c3c2c1. The zero-order chi connectivity index (χ0) is 18.6. The fourth-order valence-electron chi connectivity index (χ4n) is 3.69. The standard InChI is InChI=1S/C25H21NO/c1-25(2,3)19-13-11-16-9-10-17-12-14-21-23(22(17)20(16)15-19)27-24(26-21)18-7-5-4-6-8-18/h4-15H,1-3H3. The number of hydrogen-bond donors (Lipinski definition) is 0. The number of aromatic nitrogens is 1. The van der Waals surface area contributed by atoms with E-state index in [1.54, 1.807) is 0 Å². The molecule has 132 valence electrons. The maximum Gasteiger partial charge on any atom is 0.227 e. The molecule has 1 aromatic heterocycles. The van der Waals surface area contributed by atoms with E-state index in [0.29, 0.717) is 5.89 Å². The Hall–Kier alpha value is -3.13. The Morgan fingerprint density at radius 3 is 2.26 bits per heavy atom. The molecular weight excluding hydrogens is 330 g/mol. The molecule has 0 atom stereocenters. The first-order valence-electron chi connectivity index (χ1n) is 9.33. The van der Waals surface area contributed by atoms with Gasteiger partial charge in [-0.2, -0.15) is 0 Å². The molecule has 0 spiro atoms. The van der Waals surface area contributed by atoms with Crippen molar-refractivity contribution in [1.29, 1.82) is 0 Å². The van der Waals surface area contributed by atoms with Gasteiger partial charge in [-0.05, 0) is 51.4 Å². The lowest BCUT2D eigenvalue weighted by atomic mass is 9.85. The predicted molar refractivity (Wildman–Crippen MR) is 113 cm³/mol. The molecule has 0 saturated heterocycles. The van der Waals surface area contributed by atoms with Gasteiger partial charge in [0.2, 0.25) is 5.89 Å². The van der Waals surface area contributed by atoms with E-state index in [1.807, 2.05) is 36.4 Å². The molecule has 0 amide bonds. The molecule has 0 aliphatic heterocycles. The van der Waals surface area contributed by atoms with Crippen molar-refractivity contribution in [3.63, 3.8) is 0 Å². The van der Waals surface area contributed by atoms with Crippen LogP contribution in [0.15, 0.2) is 77.2 Å². The van der Waals surface area contributed by atoms with Crippen molar-refractivity contribution in [3.8, 4) is 11.5 Å². The zero-order valence-electron chi connectivity index (χ0n) is 15.8. The molecule has 0 aliphatic carbocycles. The smallest absolute Gasteiger partial charge is 0.227 e. The van der Waals surface area contributed by atoms with E-state index in [-0.39, 0.29) is 5.41 Å². The summed E-state index contributed by atoms with van der Waals surface area (Å²) in [6.07, 6.45) is 0. The second-order valence-corrected chi connectivity index (χ2v) is 8.15. The minimum absolute atomic E-state index is 0.0981. The van der Waals surface area contributed by atoms with Crippen molar-refractivity contribution in [3.05, 3.63) is 78.4 Å². The van der Waals surface area contributed by atoms with Crippen molar-refractivity contribution in [1.82, 2.24) is 4.98 Å². The fraction of sp³-hybridized carbons (Fsp3) is 0.160. The van der Waals surface area contributed by atoms with Crippen molar-refractivity contribution >= 4 is 32.6 Å². The van der Waals surface area contributed by atoms with Crippen LogP contribution in [0.4, 0.5) is 0 Å². The lowest BCUT2D eigenvalue weighted by Gasteiger charge is -2.20. The first kappa shape index (κ1) is 16.1. The van der Waals surface area contributed by atoms with Crippen LogP contribution in [0.1, 0.15) is 26.3 Å². The summed E-state index contributed by atoms with van der Waals surface area (Å²) < 4.78 is 6.29. The second-order valence-electron chi connectivity index (χ2n) is 8.15. The number of hydrogen-bond acceptors (Lipinski definition) is 2. The Balaban J connectivity index is 1.87. The topological polar surface area (TPSA) is 26.0 Å². The highest BCUT2D eigenvalue weighted by Gasteiger charge is 2.17. The van der Waals surface area contributed by atoms with E-state index in [9.17, 15) is 0 Å². The highest BCUT2D eigenvalue weighted by molar-refractivity contribution is 6.18. The summed E-state index contributed by atoms with van der Waals surface area (Å²) in [5.41, 5.74) is 4.18. The van der Waals surface area contributed by atoms with Gasteiger partial charge in [-0.25, -0.2) is 4.98 Å². The Kier molecular flexibility index (Phi) is 3.38. The van der Waals surface area contributed by atoms with Crippen LogP contribution < -0.4 is 0 Å². The van der Waals surface area contributed by atoms with Crippen molar-refractivity contribution in [2.45, 2.75) is 26.2 Å². The van der Waals surface area contributed by atoms with E-state index < -0.39 is 0 Å². The van der Waals surface area contributed by atoms with Gasteiger partial charge in [0.05, 0.1) is 0 Å². The summed E-state index contributed by atoms with van der Waals surface area (Å²) in [5, 5.41) is 4.77. The molecule has 4 aromatic carbocycles. The van der Waals surface area contributed by atoms with E-state index in [1.165, 1.54) is 21.7 Å². The van der Waals surface area contributed by atoms with Gasteiger partial charge in [0, 0.05) is 10.9 Å². The summed E-state index contributed by atoms with van der Waals surface area (Å²) in [4.78, 5) is 4.74. The minimum atomic E-state index is 0.0981. The number of fused-ring (bicyclic) bond motifs is 5. The third-order valence-electron chi connectivity index (χ3n) is 5.24. The highest BCUT2D eigenvalue weighted by Crippen LogP contribution is 2.36. The van der Waals surface area contributed by atoms with Crippen molar-refractivity contribution < 1.29 is 4.42 Å². The molecule has 2 nitrogen and oxygen atoms in total. The molecule has 2 heteroatoms. The third kappa shape index (κ3) is 2.60. The number of nitrogens with zero attached hydrogens (tertiary/aromatic N) is 1. The van der Waals surface area contributed by atoms with Crippen molar-refractivity contribution in [2.75, 3.05) is 0 Å². The largest absolute Gasteiger partial charge is 0.435 e. The normalized spacial score (nSPS) is 12.3. The van der Waals surface area contributed by atoms with Crippen LogP contribution in [0.5, 0.6) is 0 Å². The number of oxazole rings is 1. The Labute approximate surface area is 158 Å². The monoisotopic (exact) mass is 351 g/mol. The Bertz CT molecular complexity index is 1290. The zero-order valence-corrected chi connectivity index (χ0v) is 15.8. The molecule has 0 unspecified atom stereocenters. The lowest BCUT2D eigenvalue weighted by molar-refractivity contribution is 0.591. The highest BCUT2D eigenvalue weighted by atomic mass is 16.3. The van der Waals surface area contributed by atoms with Gasteiger partial charge in [-0.1, -0.05) is 69.3 Å². The minimum Gasteiger partial charge on any atom is -0.435 e. The van der Waals surface area contributed by atoms with Crippen LogP contribution >= 0.6 is 0 Å². The molecule has 0 aliphatic rings. The van der Waals surface area contributed by atoms with Gasteiger partial charge < -0.3 is 4.42 Å². The van der Waals surface area contributed by atoms with Crippen LogP contribution in [-0.2, 0) is 5.41 Å². The van der Waals surface area contributed by atoms with E-state index >= 15 is 0 Å². The summed E-state index contributed by atoms with van der Waals surface area (Å²) in [6.45, 7) is 6.74. The molecule has 0 bridgehead atoms. The van der Waals surface area contributed by atoms with E-state index in [4.69, 9.17) is 9.40 Å². The molecule has 0 saturated carbocycles. The lowest BCUT2D eigenvalue weighted by Crippen LogP contribution is -2.10. The molecule has 0 fully saturated rings. The summed E-state index contributed by atoms with van der Waals surface area (Å²) >= 11 is 0. The first-order valence-corrected chi connectivity index (χ1v) is 9.33. The van der Waals surface area contributed by atoms with Gasteiger partial charge in [0.25, 0.3) is 0 Å². The maximum absolute atomic E-state index is 6.29. The molecule has 5 rings (SSSR count). The van der Waals surface area contributed by atoms with Gasteiger partial charge in [0.15, 0.2) is 5.58 Å². The number of benzene rings is 4. The van der Waals surface area contributed by atoms with Crippen molar-refractivity contribution in [2.24, 2.45) is 0 Å². The Morgan fingerprint density at radius 1 is 0.778 bits per heavy atom. The first-order chi connectivity index (χ1) is 13.0. The van der Waals surface area contributed by atoms with Gasteiger partial charge in [-0.15, -0.1) is 0 Å². The predicted octanol–water partition coefficient (Wildman–Crippen LogP) is 7.10. The average molecular weight is 351 g/mol. The molecule has 0 radical (unpaired) electrons. The molecule has 0 N–H and O–H groups in total. The molecule has 5 aromatic rings. The van der Waals surface area contributed by atoms with Crippen LogP contribution in [0.3, 0.4) is 0 Å².